The SMILES string of the molecule is CSc1cc(N2CCN(C(C)C(N)=S)CC2)ncn1. The summed E-state index contributed by atoms with van der Waals surface area (Å²) in [7, 11) is 0. The van der Waals surface area contributed by atoms with Crippen molar-refractivity contribution in [3.05, 3.63) is 12.4 Å². The predicted molar refractivity (Wildman–Crippen MR) is 83.8 cm³/mol. The quantitative estimate of drug-likeness (QED) is 0.505. The van der Waals surface area contributed by atoms with Gasteiger partial charge < -0.3 is 10.6 Å². The lowest BCUT2D eigenvalue weighted by Crippen LogP contribution is -2.52. The third kappa shape index (κ3) is 3.55. The maximum Gasteiger partial charge on any atom is 0.133 e. The van der Waals surface area contributed by atoms with Crippen LogP contribution in [0.1, 0.15) is 6.92 Å². The molecule has 5 nitrogen and oxygen atoms in total. The summed E-state index contributed by atoms with van der Waals surface area (Å²) in [5.41, 5.74) is 5.70. The first kappa shape index (κ1) is 14.5. The van der Waals surface area contributed by atoms with E-state index in [1.165, 1.54) is 0 Å². The first-order valence-corrected chi connectivity index (χ1v) is 7.89. The third-order valence-corrected chi connectivity index (χ3v) is 4.42. The van der Waals surface area contributed by atoms with Gasteiger partial charge in [-0.15, -0.1) is 11.8 Å². The van der Waals surface area contributed by atoms with Crippen LogP contribution in [0.25, 0.3) is 0 Å². The van der Waals surface area contributed by atoms with Gasteiger partial charge in [-0.05, 0) is 13.2 Å². The second kappa shape index (κ2) is 6.49. The molecule has 1 fully saturated rings. The van der Waals surface area contributed by atoms with E-state index in [1.54, 1.807) is 18.1 Å². The Morgan fingerprint density at radius 2 is 2.05 bits per heavy atom. The van der Waals surface area contributed by atoms with Crippen molar-refractivity contribution >= 4 is 34.8 Å². The molecule has 2 rings (SSSR count). The van der Waals surface area contributed by atoms with Gasteiger partial charge in [-0.3, -0.25) is 4.90 Å². The summed E-state index contributed by atoms with van der Waals surface area (Å²) in [6, 6.07) is 2.21. The van der Waals surface area contributed by atoms with Crippen LogP contribution in [0.3, 0.4) is 0 Å². The fourth-order valence-electron chi connectivity index (χ4n) is 2.13. The molecule has 0 spiro atoms. The van der Waals surface area contributed by atoms with E-state index >= 15 is 0 Å². The lowest BCUT2D eigenvalue weighted by atomic mass is 10.2. The van der Waals surface area contributed by atoms with Crippen molar-refractivity contribution in [3.8, 4) is 0 Å². The summed E-state index contributed by atoms with van der Waals surface area (Å²) in [5, 5.41) is 1.00. The topological polar surface area (TPSA) is 58.3 Å². The van der Waals surface area contributed by atoms with Crippen LogP contribution >= 0.6 is 24.0 Å². The molecule has 1 unspecified atom stereocenters. The number of piperazine rings is 1. The minimum Gasteiger partial charge on any atom is -0.392 e. The molecule has 7 heteroatoms. The summed E-state index contributed by atoms with van der Waals surface area (Å²) in [6.45, 7) is 5.86. The van der Waals surface area contributed by atoms with Gasteiger partial charge in [-0.25, -0.2) is 9.97 Å². The van der Waals surface area contributed by atoms with Crippen molar-refractivity contribution in [2.75, 3.05) is 37.3 Å². The van der Waals surface area contributed by atoms with Gasteiger partial charge in [0.05, 0.1) is 11.0 Å². The minimum absolute atomic E-state index is 0.171. The Morgan fingerprint density at radius 3 is 2.63 bits per heavy atom. The molecule has 1 saturated heterocycles. The van der Waals surface area contributed by atoms with Crippen molar-refractivity contribution < 1.29 is 0 Å². The van der Waals surface area contributed by atoms with E-state index in [-0.39, 0.29) is 6.04 Å². The Labute approximate surface area is 123 Å². The van der Waals surface area contributed by atoms with Crippen LogP contribution in [0.15, 0.2) is 17.4 Å². The number of hydrogen-bond acceptors (Lipinski definition) is 6. The van der Waals surface area contributed by atoms with E-state index in [9.17, 15) is 0 Å². The van der Waals surface area contributed by atoms with Crippen molar-refractivity contribution in [2.45, 2.75) is 18.0 Å². The van der Waals surface area contributed by atoms with Crippen LogP contribution in [0.5, 0.6) is 0 Å². The molecular weight excluding hydrogens is 278 g/mol. The van der Waals surface area contributed by atoms with Crippen LogP contribution in [0.4, 0.5) is 5.82 Å². The molecule has 0 amide bonds. The molecule has 1 aliphatic rings. The van der Waals surface area contributed by atoms with Crippen molar-refractivity contribution in [1.82, 2.24) is 14.9 Å². The Hall–Kier alpha value is -0.920. The number of thiocarbonyl (C=S) groups is 1. The highest BCUT2D eigenvalue weighted by molar-refractivity contribution is 7.98. The number of nitrogens with zero attached hydrogens (tertiary/aromatic N) is 4. The van der Waals surface area contributed by atoms with Crippen molar-refractivity contribution in [2.24, 2.45) is 5.73 Å². The summed E-state index contributed by atoms with van der Waals surface area (Å²) < 4.78 is 0. The van der Waals surface area contributed by atoms with Gasteiger partial charge >= 0.3 is 0 Å². The molecule has 1 atom stereocenters. The zero-order chi connectivity index (χ0) is 13.8. The summed E-state index contributed by atoms with van der Waals surface area (Å²) in [6.07, 6.45) is 3.65. The fourth-order valence-corrected chi connectivity index (χ4v) is 2.66. The number of hydrogen-bond donors (Lipinski definition) is 1. The standard InChI is InChI=1S/C12H19N5S2/c1-9(12(13)18)16-3-5-17(6-4-16)10-7-11(19-2)15-8-14-10/h7-9H,3-6H2,1-2H3,(H2,13,18). The van der Waals surface area contributed by atoms with E-state index in [1.807, 2.05) is 12.3 Å². The zero-order valence-corrected chi connectivity index (χ0v) is 12.9. The molecule has 1 aliphatic heterocycles. The van der Waals surface area contributed by atoms with Gasteiger partial charge in [0.1, 0.15) is 17.2 Å². The molecule has 0 saturated carbocycles. The second-order valence-electron chi connectivity index (χ2n) is 4.52. The van der Waals surface area contributed by atoms with Gasteiger partial charge in [-0.2, -0.15) is 0 Å². The van der Waals surface area contributed by atoms with Crippen molar-refractivity contribution in [3.63, 3.8) is 0 Å². The first-order valence-electron chi connectivity index (χ1n) is 6.26. The predicted octanol–water partition coefficient (Wildman–Crippen LogP) is 0.995. The average molecular weight is 297 g/mol. The number of anilines is 1. The van der Waals surface area contributed by atoms with Crippen LogP contribution < -0.4 is 10.6 Å². The van der Waals surface area contributed by atoms with E-state index in [4.69, 9.17) is 18.0 Å². The van der Waals surface area contributed by atoms with Gasteiger partial charge in [0.15, 0.2) is 0 Å². The van der Waals surface area contributed by atoms with Gasteiger partial charge in [0.25, 0.3) is 0 Å². The molecule has 0 bridgehead atoms. The highest BCUT2D eigenvalue weighted by Crippen LogP contribution is 2.19. The van der Waals surface area contributed by atoms with E-state index in [0.717, 1.165) is 37.0 Å². The zero-order valence-electron chi connectivity index (χ0n) is 11.2. The third-order valence-electron chi connectivity index (χ3n) is 3.43. The summed E-state index contributed by atoms with van der Waals surface area (Å²) >= 11 is 6.69. The number of aromatic nitrogens is 2. The molecule has 0 radical (unpaired) electrons. The Bertz CT molecular complexity index is 446. The maximum absolute atomic E-state index is 5.70. The number of thioether (sulfide) groups is 1. The molecule has 0 aromatic carbocycles. The molecule has 1 aromatic rings. The van der Waals surface area contributed by atoms with E-state index in [0.29, 0.717) is 4.99 Å². The van der Waals surface area contributed by atoms with E-state index < -0.39 is 0 Å². The second-order valence-corrected chi connectivity index (χ2v) is 5.82. The first-order chi connectivity index (χ1) is 9.11. The molecular formula is C12H19N5S2. The van der Waals surface area contributed by atoms with Crippen LogP contribution in [0, 0.1) is 0 Å². The largest absolute Gasteiger partial charge is 0.392 e. The Balaban J connectivity index is 1.97. The molecule has 0 aliphatic carbocycles. The molecule has 2 N–H and O–H groups in total. The van der Waals surface area contributed by atoms with Crippen LogP contribution in [-0.2, 0) is 0 Å². The smallest absolute Gasteiger partial charge is 0.133 e. The fraction of sp³-hybridized carbons (Fsp3) is 0.583. The van der Waals surface area contributed by atoms with Crippen LogP contribution in [0.2, 0.25) is 0 Å². The van der Waals surface area contributed by atoms with Crippen molar-refractivity contribution in [1.29, 1.82) is 0 Å². The highest BCUT2D eigenvalue weighted by Gasteiger charge is 2.23. The monoisotopic (exact) mass is 297 g/mol. The minimum atomic E-state index is 0.171. The molecule has 104 valence electrons. The van der Waals surface area contributed by atoms with Gasteiger partial charge in [-0.1, -0.05) is 12.2 Å². The lowest BCUT2D eigenvalue weighted by Gasteiger charge is -2.38. The molecule has 1 aromatic heterocycles. The number of nitrogens with two attached hydrogens (primary N) is 1. The van der Waals surface area contributed by atoms with Crippen LogP contribution in [-0.4, -0.2) is 58.3 Å². The summed E-state index contributed by atoms with van der Waals surface area (Å²) in [5.74, 6) is 1.00. The highest BCUT2D eigenvalue weighted by atomic mass is 32.2. The normalized spacial score (nSPS) is 18.3. The maximum atomic E-state index is 5.70. The van der Waals surface area contributed by atoms with Gasteiger partial charge in [0.2, 0.25) is 0 Å². The Kier molecular flexibility index (Phi) is 4.95. The van der Waals surface area contributed by atoms with E-state index in [2.05, 4.69) is 26.7 Å². The number of rotatable bonds is 4. The van der Waals surface area contributed by atoms with Gasteiger partial charge in [0, 0.05) is 32.2 Å². The molecule has 2 heterocycles. The average Bonchev–Trinajstić information content (AvgIpc) is 2.46. The Morgan fingerprint density at radius 1 is 1.37 bits per heavy atom. The molecule has 19 heavy (non-hydrogen) atoms. The lowest BCUT2D eigenvalue weighted by molar-refractivity contribution is 0.238. The summed E-state index contributed by atoms with van der Waals surface area (Å²) in [4.78, 5) is 13.7.